The minimum absolute atomic E-state index is 0.150. The molecule has 8 nitrogen and oxygen atoms in total. The molecule has 0 bridgehead atoms. The van der Waals surface area contributed by atoms with Crippen molar-refractivity contribution in [3.63, 3.8) is 0 Å². The molecule has 2 aromatic rings. The number of aromatic nitrogens is 1. The number of amides is 1. The van der Waals surface area contributed by atoms with Gasteiger partial charge in [-0.3, -0.25) is 19.7 Å². The number of rotatable bonds is 4. The number of anilines is 1. The summed E-state index contributed by atoms with van der Waals surface area (Å²) in [5, 5.41) is 13.3. The largest absolute Gasteiger partial charge is 0.495 e. The Bertz CT molecular complexity index is 797. The summed E-state index contributed by atoms with van der Waals surface area (Å²) in [5.74, 6) is -0.278. The average molecular weight is 303 g/mol. The summed E-state index contributed by atoms with van der Waals surface area (Å²) in [7, 11) is 2.95. The Morgan fingerprint density at radius 3 is 2.64 bits per heavy atom. The maximum atomic E-state index is 12.1. The second-order valence-electron chi connectivity index (χ2n) is 4.46. The fourth-order valence-electron chi connectivity index (χ4n) is 1.79. The van der Waals surface area contributed by atoms with Crippen LogP contribution in [0.2, 0.25) is 0 Å². The molecule has 0 spiro atoms. The van der Waals surface area contributed by atoms with Crippen LogP contribution in [0.1, 0.15) is 10.4 Å². The molecule has 0 aliphatic carbocycles. The first-order valence-corrected chi connectivity index (χ1v) is 6.23. The quantitative estimate of drug-likeness (QED) is 0.681. The van der Waals surface area contributed by atoms with Crippen LogP contribution in [0.15, 0.2) is 41.3 Å². The standard InChI is InChI=1S/C14H13N3O5/c1-16-6-5-9(7-13(16)18)14(19)15-11-8-10(17(20)21)3-4-12(11)22-2/h3-8H,1-2H3,(H,15,19). The van der Waals surface area contributed by atoms with E-state index in [2.05, 4.69) is 5.32 Å². The van der Waals surface area contributed by atoms with Gasteiger partial charge >= 0.3 is 0 Å². The number of nitro groups is 1. The molecule has 114 valence electrons. The molecule has 22 heavy (non-hydrogen) atoms. The van der Waals surface area contributed by atoms with E-state index in [1.54, 1.807) is 7.05 Å². The third-order valence-electron chi connectivity index (χ3n) is 3.01. The third-order valence-corrected chi connectivity index (χ3v) is 3.01. The number of hydrogen-bond acceptors (Lipinski definition) is 5. The molecule has 0 aliphatic heterocycles. The Kier molecular flexibility index (Phi) is 4.21. The van der Waals surface area contributed by atoms with Gasteiger partial charge in [-0.2, -0.15) is 0 Å². The highest BCUT2D eigenvalue weighted by molar-refractivity contribution is 6.05. The van der Waals surface area contributed by atoms with Crippen molar-refractivity contribution in [3.05, 3.63) is 62.6 Å². The van der Waals surface area contributed by atoms with Gasteiger partial charge in [0.05, 0.1) is 17.7 Å². The van der Waals surface area contributed by atoms with E-state index in [1.165, 1.54) is 48.2 Å². The number of pyridine rings is 1. The molecule has 0 unspecified atom stereocenters. The number of nitrogens with zero attached hydrogens (tertiary/aromatic N) is 2. The molecule has 1 aromatic heterocycles. The Balaban J connectivity index is 2.34. The molecular weight excluding hydrogens is 290 g/mol. The summed E-state index contributed by atoms with van der Waals surface area (Å²) < 4.78 is 6.38. The summed E-state index contributed by atoms with van der Waals surface area (Å²) in [4.78, 5) is 33.9. The van der Waals surface area contributed by atoms with Gasteiger partial charge in [0.1, 0.15) is 5.75 Å². The molecule has 0 saturated heterocycles. The van der Waals surface area contributed by atoms with E-state index in [0.29, 0.717) is 0 Å². The van der Waals surface area contributed by atoms with Crippen LogP contribution in [0, 0.1) is 10.1 Å². The van der Waals surface area contributed by atoms with Crippen molar-refractivity contribution in [1.82, 2.24) is 4.57 Å². The lowest BCUT2D eigenvalue weighted by Crippen LogP contribution is -2.20. The minimum Gasteiger partial charge on any atom is -0.495 e. The molecule has 0 radical (unpaired) electrons. The van der Waals surface area contributed by atoms with Crippen molar-refractivity contribution in [1.29, 1.82) is 0 Å². The number of methoxy groups -OCH3 is 1. The highest BCUT2D eigenvalue weighted by Gasteiger charge is 2.15. The third kappa shape index (κ3) is 3.11. The van der Waals surface area contributed by atoms with Crippen LogP contribution < -0.4 is 15.6 Å². The van der Waals surface area contributed by atoms with E-state index in [0.717, 1.165) is 0 Å². The van der Waals surface area contributed by atoms with Crippen LogP contribution in [0.3, 0.4) is 0 Å². The van der Waals surface area contributed by atoms with Crippen molar-refractivity contribution < 1.29 is 14.5 Å². The van der Waals surface area contributed by atoms with Crippen LogP contribution in [0.25, 0.3) is 0 Å². The predicted octanol–water partition coefficient (Wildman–Crippen LogP) is 1.55. The van der Waals surface area contributed by atoms with Gasteiger partial charge in [0.2, 0.25) is 0 Å². The second-order valence-corrected chi connectivity index (χ2v) is 4.46. The van der Waals surface area contributed by atoms with Crippen molar-refractivity contribution in [3.8, 4) is 5.75 Å². The number of hydrogen-bond donors (Lipinski definition) is 1. The SMILES string of the molecule is COc1ccc([N+](=O)[O-])cc1NC(=O)c1ccn(C)c(=O)c1. The van der Waals surface area contributed by atoms with Crippen molar-refractivity contribution in [2.24, 2.45) is 7.05 Å². The molecule has 0 atom stereocenters. The number of aryl methyl sites for hydroxylation is 1. The molecule has 1 amide bonds. The van der Waals surface area contributed by atoms with Crippen LogP contribution in [-0.2, 0) is 7.05 Å². The predicted molar refractivity (Wildman–Crippen MR) is 79.3 cm³/mol. The number of non-ortho nitro benzene ring substituents is 1. The summed E-state index contributed by atoms with van der Waals surface area (Å²) >= 11 is 0. The van der Waals surface area contributed by atoms with E-state index < -0.39 is 10.8 Å². The molecule has 1 aromatic carbocycles. The van der Waals surface area contributed by atoms with Gasteiger partial charge < -0.3 is 14.6 Å². The van der Waals surface area contributed by atoms with Gasteiger partial charge in [0.15, 0.2) is 0 Å². The van der Waals surface area contributed by atoms with Crippen molar-refractivity contribution in [2.45, 2.75) is 0 Å². The average Bonchev–Trinajstić information content (AvgIpc) is 2.49. The van der Waals surface area contributed by atoms with E-state index in [4.69, 9.17) is 4.74 Å². The van der Waals surface area contributed by atoms with Gasteiger partial charge in [-0.25, -0.2) is 0 Å². The maximum absolute atomic E-state index is 12.1. The number of nitrogens with one attached hydrogen (secondary N) is 1. The van der Waals surface area contributed by atoms with Crippen LogP contribution >= 0.6 is 0 Å². The Hall–Kier alpha value is -3.16. The van der Waals surface area contributed by atoms with Gasteiger partial charge in [0, 0.05) is 37.0 Å². The second kappa shape index (κ2) is 6.08. The Morgan fingerprint density at radius 2 is 2.05 bits per heavy atom. The van der Waals surface area contributed by atoms with E-state index in [1.807, 2.05) is 0 Å². The topological polar surface area (TPSA) is 103 Å². The first-order chi connectivity index (χ1) is 10.4. The molecule has 1 N–H and O–H groups in total. The number of carbonyl (C=O) groups is 1. The zero-order valence-corrected chi connectivity index (χ0v) is 11.9. The van der Waals surface area contributed by atoms with Crippen molar-refractivity contribution in [2.75, 3.05) is 12.4 Å². The number of nitro benzene ring substituents is 1. The Labute approximate surface area is 125 Å². The molecule has 0 fully saturated rings. The zero-order chi connectivity index (χ0) is 16.3. The number of ether oxygens (including phenoxy) is 1. The molecule has 2 rings (SSSR count). The number of benzene rings is 1. The van der Waals surface area contributed by atoms with Crippen molar-refractivity contribution >= 4 is 17.3 Å². The van der Waals surface area contributed by atoms with E-state index >= 15 is 0 Å². The van der Waals surface area contributed by atoms with E-state index in [-0.39, 0.29) is 28.2 Å². The molecule has 1 heterocycles. The van der Waals surface area contributed by atoms with Gasteiger partial charge in [0.25, 0.3) is 17.2 Å². The molecule has 8 heteroatoms. The lowest BCUT2D eigenvalue weighted by molar-refractivity contribution is -0.384. The summed E-state index contributed by atoms with van der Waals surface area (Å²) in [6, 6.07) is 6.50. The van der Waals surface area contributed by atoms with Gasteiger partial charge in [-0.05, 0) is 12.1 Å². The molecule has 0 saturated carbocycles. The molecule has 0 aliphatic rings. The monoisotopic (exact) mass is 303 g/mol. The van der Waals surface area contributed by atoms with E-state index in [9.17, 15) is 19.7 Å². The first-order valence-electron chi connectivity index (χ1n) is 6.23. The van der Waals surface area contributed by atoms with Crippen LogP contribution in [-0.4, -0.2) is 22.5 Å². The maximum Gasteiger partial charge on any atom is 0.271 e. The van der Waals surface area contributed by atoms with Crippen LogP contribution in [0.4, 0.5) is 11.4 Å². The zero-order valence-electron chi connectivity index (χ0n) is 11.9. The smallest absolute Gasteiger partial charge is 0.271 e. The fourth-order valence-corrected chi connectivity index (χ4v) is 1.79. The summed E-state index contributed by atoms with van der Waals surface area (Å²) in [6.07, 6.45) is 1.46. The molecular formula is C14H13N3O5. The number of carbonyl (C=O) groups excluding carboxylic acids is 1. The van der Waals surface area contributed by atoms with Crippen LogP contribution in [0.5, 0.6) is 5.75 Å². The normalized spacial score (nSPS) is 10.1. The highest BCUT2D eigenvalue weighted by Crippen LogP contribution is 2.29. The highest BCUT2D eigenvalue weighted by atomic mass is 16.6. The summed E-state index contributed by atoms with van der Waals surface area (Å²) in [5.41, 5.74) is -0.210. The first kappa shape index (κ1) is 15.2. The lowest BCUT2D eigenvalue weighted by atomic mass is 10.2. The van der Waals surface area contributed by atoms with Gasteiger partial charge in [-0.15, -0.1) is 0 Å². The Morgan fingerprint density at radius 1 is 1.32 bits per heavy atom. The van der Waals surface area contributed by atoms with Gasteiger partial charge in [-0.1, -0.05) is 0 Å². The fraction of sp³-hybridized carbons (Fsp3) is 0.143. The lowest BCUT2D eigenvalue weighted by Gasteiger charge is -2.10. The summed E-state index contributed by atoms with van der Waals surface area (Å²) in [6.45, 7) is 0. The minimum atomic E-state index is -0.576.